The van der Waals surface area contributed by atoms with Gasteiger partial charge in [0.05, 0.1) is 0 Å². The SMILES string of the molecule is CCC(CC)CN1CCCCC1CC(C)=O. The van der Waals surface area contributed by atoms with Gasteiger partial charge < -0.3 is 0 Å². The van der Waals surface area contributed by atoms with Crippen LogP contribution in [0.15, 0.2) is 0 Å². The molecule has 0 bridgehead atoms. The van der Waals surface area contributed by atoms with Gasteiger partial charge in [-0.15, -0.1) is 0 Å². The molecule has 1 aliphatic heterocycles. The van der Waals surface area contributed by atoms with Crippen LogP contribution in [0.2, 0.25) is 0 Å². The Bertz CT molecular complexity index is 211. The van der Waals surface area contributed by atoms with Gasteiger partial charge in [-0.1, -0.05) is 33.1 Å². The van der Waals surface area contributed by atoms with E-state index < -0.39 is 0 Å². The van der Waals surface area contributed by atoms with Crippen molar-refractivity contribution in [2.24, 2.45) is 5.92 Å². The second-order valence-electron chi connectivity index (χ2n) is 5.23. The first-order chi connectivity index (χ1) is 7.67. The lowest BCUT2D eigenvalue weighted by Gasteiger charge is -2.37. The van der Waals surface area contributed by atoms with Gasteiger partial charge >= 0.3 is 0 Å². The van der Waals surface area contributed by atoms with Crippen molar-refractivity contribution in [2.75, 3.05) is 13.1 Å². The summed E-state index contributed by atoms with van der Waals surface area (Å²) < 4.78 is 0. The Morgan fingerprint density at radius 1 is 1.31 bits per heavy atom. The molecule has 0 aromatic carbocycles. The molecule has 0 N–H and O–H groups in total. The van der Waals surface area contributed by atoms with E-state index in [9.17, 15) is 4.79 Å². The number of carbonyl (C=O) groups excluding carboxylic acids is 1. The van der Waals surface area contributed by atoms with Crippen molar-refractivity contribution in [3.63, 3.8) is 0 Å². The molecule has 0 aromatic heterocycles. The summed E-state index contributed by atoms with van der Waals surface area (Å²) in [7, 11) is 0. The van der Waals surface area contributed by atoms with E-state index in [0.717, 1.165) is 12.3 Å². The van der Waals surface area contributed by atoms with Crippen LogP contribution in [0.25, 0.3) is 0 Å². The summed E-state index contributed by atoms with van der Waals surface area (Å²) in [5.74, 6) is 1.16. The van der Waals surface area contributed by atoms with Crippen molar-refractivity contribution in [1.29, 1.82) is 0 Å². The van der Waals surface area contributed by atoms with Crippen LogP contribution in [0.3, 0.4) is 0 Å². The quantitative estimate of drug-likeness (QED) is 0.691. The van der Waals surface area contributed by atoms with Gasteiger partial charge in [0.2, 0.25) is 0 Å². The fourth-order valence-electron chi connectivity index (χ4n) is 2.74. The van der Waals surface area contributed by atoms with E-state index >= 15 is 0 Å². The zero-order valence-electron chi connectivity index (χ0n) is 11.2. The van der Waals surface area contributed by atoms with Crippen LogP contribution >= 0.6 is 0 Å². The van der Waals surface area contributed by atoms with Crippen LogP contribution in [0.5, 0.6) is 0 Å². The zero-order valence-corrected chi connectivity index (χ0v) is 11.2. The van der Waals surface area contributed by atoms with Gasteiger partial charge in [-0.3, -0.25) is 9.69 Å². The summed E-state index contributed by atoms with van der Waals surface area (Å²) in [5.41, 5.74) is 0. The van der Waals surface area contributed by atoms with Crippen LogP contribution in [-0.2, 0) is 4.79 Å². The van der Waals surface area contributed by atoms with E-state index in [4.69, 9.17) is 0 Å². The molecule has 0 saturated carbocycles. The molecule has 2 heteroatoms. The third-order valence-corrected chi connectivity index (χ3v) is 3.92. The van der Waals surface area contributed by atoms with Crippen molar-refractivity contribution in [2.45, 2.75) is 65.3 Å². The van der Waals surface area contributed by atoms with Crippen molar-refractivity contribution in [3.8, 4) is 0 Å². The molecule has 1 fully saturated rings. The fourth-order valence-corrected chi connectivity index (χ4v) is 2.74. The van der Waals surface area contributed by atoms with Gasteiger partial charge in [-0.25, -0.2) is 0 Å². The van der Waals surface area contributed by atoms with Gasteiger partial charge in [0.1, 0.15) is 5.78 Å². The Morgan fingerprint density at radius 2 is 2.00 bits per heavy atom. The van der Waals surface area contributed by atoms with E-state index in [1.165, 1.54) is 45.2 Å². The lowest BCUT2D eigenvalue weighted by molar-refractivity contribution is -0.118. The Kier molecular flexibility index (Phi) is 6.04. The van der Waals surface area contributed by atoms with E-state index in [2.05, 4.69) is 18.7 Å². The van der Waals surface area contributed by atoms with Crippen molar-refractivity contribution in [1.82, 2.24) is 4.90 Å². The third kappa shape index (κ3) is 4.25. The molecule has 1 heterocycles. The monoisotopic (exact) mass is 225 g/mol. The highest BCUT2D eigenvalue weighted by Crippen LogP contribution is 2.22. The molecular formula is C14H27NO. The maximum Gasteiger partial charge on any atom is 0.131 e. The lowest BCUT2D eigenvalue weighted by atomic mass is 9.94. The topological polar surface area (TPSA) is 20.3 Å². The number of rotatable bonds is 6. The van der Waals surface area contributed by atoms with Crippen molar-refractivity contribution in [3.05, 3.63) is 0 Å². The molecule has 1 aliphatic rings. The summed E-state index contributed by atoms with van der Waals surface area (Å²) in [4.78, 5) is 13.8. The number of nitrogens with zero attached hydrogens (tertiary/aromatic N) is 1. The predicted molar refractivity (Wildman–Crippen MR) is 68.6 cm³/mol. The van der Waals surface area contributed by atoms with E-state index in [0.29, 0.717) is 11.8 Å². The minimum atomic E-state index is 0.349. The molecule has 0 radical (unpaired) electrons. The predicted octanol–water partition coefficient (Wildman–Crippen LogP) is 3.26. The first-order valence-electron chi connectivity index (χ1n) is 6.90. The third-order valence-electron chi connectivity index (χ3n) is 3.92. The zero-order chi connectivity index (χ0) is 12.0. The summed E-state index contributed by atoms with van der Waals surface area (Å²) in [6.07, 6.45) is 7.13. The Labute approximate surface area is 100 Å². The summed E-state index contributed by atoms with van der Waals surface area (Å²) >= 11 is 0. The average molecular weight is 225 g/mol. The highest BCUT2D eigenvalue weighted by molar-refractivity contribution is 5.76. The molecule has 1 rings (SSSR count). The van der Waals surface area contributed by atoms with Crippen LogP contribution in [0.1, 0.15) is 59.3 Å². The van der Waals surface area contributed by atoms with Gasteiger partial charge in [-0.05, 0) is 32.2 Å². The highest BCUT2D eigenvalue weighted by Gasteiger charge is 2.24. The fraction of sp³-hybridized carbons (Fsp3) is 0.929. The maximum atomic E-state index is 11.3. The molecule has 1 saturated heterocycles. The van der Waals surface area contributed by atoms with E-state index in [1.807, 2.05) is 0 Å². The largest absolute Gasteiger partial charge is 0.300 e. The number of piperidine rings is 1. The summed E-state index contributed by atoms with van der Waals surface area (Å²) in [6, 6.07) is 0.534. The van der Waals surface area contributed by atoms with Gasteiger partial charge in [-0.2, -0.15) is 0 Å². The first kappa shape index (κ1) is 13.7. The van der Waals surface area contributed by atoms with E-state index in [1.54, 1.807) is 6.92 Å². The normalized spacial score (nSPS) is 22.6. The molecular weight excluding hydrogens is 198 g/mol. The molecule has 94 valence electrons. The molecule has 0 amide bonds. The molecule has 0 aromatic rings. The number of likely N-dealkylation sites (tertiary alicyclic amines) is 1. The van der Waals surface area contributed by atoms with Crippen LogP contribution < -0.4 is 0 Å². The molecule has 1 unspecified atom stereocenters. The highest BCUT2D eigenvalue weighted by atomic mass is 16.1. The van der Waals surface area contributed by atoms with Crippen LogP contribution in [-0.4, -0.2) is 29.8 Å². The second-order valence-corrected chi connectivity index (χ2v) is 5.23. The minimum absolute atomic E-state index is 0.349. The number of hydrogen-bond donors (Lipinski definition) is 0. The first-order valence-corrected chi connectivity index (χ1v) is 6.90. The number of carbonyl (C=O) groups is 1. The van der Waals surface area contributed by atoms with Crippen LogP contribution in [0, 0.1) is 5.92 Å². The summed E-state index contributed by atoms with van der Waals surface area (Å²) in [5, 5.41) is 0. The molecule has 2 nitrogen and oxygen atoms in total. The number of ketones is 1. The standard InChI is InChI=1S/C14H27NO/c1-4-13(5-2)11-15-9-7-6-8-14(15)10-12(3)16/h13-14H,4-11H2,1-3H3. The van der Waals surface area contributed by atoms with Crippen molar-refractivity contribution >= 4 is 5.78 Å². The Hall–Kier alpha value is -0.370. The average Bonchev–Trinajstić information content (AvgIpc) is 2.27. The van der Waals surface area contributed by atoms with Gasteiger partial charge in [0.25, 0.3) is 0 Å². The van der Waals surface area contributed by atoms with Crippen LogP contribution in [0.4, 0.5) is 0 Å². The smallest absolute Gasteiger partial charge is 0.131 e. The van der Waals surface area contributed by atoms with Crippen molar-refractivity contribution < 1.29 is 4.79 Å². The lowest BCUT2D eigenvalue weighted by Crippen LogP contribution is -2.43. The van der Waals surface area contributed by atoms with E-state index in [-0.39, 0.29) is 0 Å². The number of hydrogen-bond acceptors (Lipinski definition) is 2. The molecule has 1 atom stereocenters. The van der Waals surface area contributed by atoms with Gasteiger partial charge in [0.15, 0.2) is 0 Å². The Balaban J connectivity index is 2.48. The number of Topliss-reactive ketones (excluding diaryl/α,β-unsaturated/α-hetero) is 1. The minimum Gasteiger partial charge on any atom is -0.300 e. The Morgan fingerprint density at radius 3 is 2.56 bits per heavy atom. The maximum absolute atomic E-state index is 11.3. The molecule has 16 heavy (non-hydrogen) atoms. The molecule has 0 spiro atoms. The summed E-state index contributed by atoms with van der Waals surface area (Å²) in [6.45, 7) is 8.68. The second kappa shape index (κ2) is 7.05. The van der Waals surface area contributed by atoms with Gasteiger partial charge in [0, 0.05) is 19.0 Å². The molecule has 0 aliphatic carbocycles.